The summed E-state index contributed by atoms with van der Waals surface area (Å²) >= 11 is 0. The van der Waals surface area contributed by atoms with Gasteiger partial charge in [0.25, 0.3) is 0 Å². The molecule has 1 saturated heterocycles. The second-order valence-corrected chi connectivity index (χ2v) is 3.27. The third-order valence-electron chi connectivity index (χ3n) is 2.39. The summed E-state index contributed by atoms with van der Waals surface area (Å²) in [5.41, 5.74) is 5.45. The third-order valence-corrected chi connectivity index (χ3v) is 2.39. The van der Waals surface area contributed by atoms with E-state index in [1.165, 1.54) is 6.42 Å². The van der Waals surface area contributed by atoms with E-state index in [9.17, 15) is 5.11 Å². The lowest BCUT2D eigenvalue weighted by molar-refractivity contribution is 0.0885. The van der Waals surface area contributed by atoms with Crippen molar-refractivity contribution >= 4 is 0 Å². The standard InChI is InChI=1S/C8H18N2O/c1-7(11)8-3-2-5-10(8)6-4-9/h7-8,11H,2-6,9H2,1H3. The molecule has 0 radical (unpaired) electrons. The minimum absolute atomic E-state index is 0.205. The van der Waals surface area contributed by atoms with Crippen LogP contribution in [-0.4, -0.2) is 41.8 Å². The van der Waals surface area contributed by atoms with Crippen molar-refractivity contribution in [3.8, 4) is 0 Å². The molecule has 2 atom stereocenters. The number of rotatable bonds is 3. The fourth-order valence-corrected chi connectivity index (χ4v) is 1.84. The number of nitrogens with zero attached hydrogens (tertiary/aromatic N) is 1. The molecule has 0 spiro atoms. The van der Waals surface area contributed by atoms with E-state index >= 15 is 0 Å². The smallest absolute Gasteiger partial charge is 0.0667 e. The molecule has 11 heavy (non-hydrogen) atoms. The highest BCUT2D eigenvalue weighted by molar-refractivity contribution is 4.82. The predicted molar refractivity (Wildman–Crippen MR) is 45.3 cm³/mol. The Hall–Kier alpha value is -0.120. The first-order valence-corrected chi connectivity index (χ1v) is 4.38. The predicted octanol–water partition coefficient (Wildman–Crippen LogP) is -0.210. The van der Waals surface area contributed by atoms with E-state index in [2.05, 4.69) is 4.90 Å². The molecule has 1 heterocycles. The maximum absolute atomic E-state index is 9.37. The van der Waals surface area contributed by atoms with Crippen molar-refractivity contribution in [2.75, 3.05) is 19.6 Å². The number of hydrogen-bond donors (Lipinski definition) is 2. The fourth-order valence-electron chi connectivity index (χ4n) is 1.84. The maximum Gasteiger partial charge on any atom is 0.0667 e. The molecule has 0 bridgehead atoms. The lowest BCUT2D eigenvalue weighted by Crippen LogP contribution is -2.40. The summed E-state index contributed by atoms with van der Waals surface area (Å²) < 4.78 is 0. The zero-order valence-corrected chi connectivity index (χ0v) is 7.16. The lowest BCUT2D eigenvalue weighted by atomic mass is 10.1. The first-order chi connectivity index (χ1) is 5.25. The largest absolute Gasteiger partial charge is 0.392 e. The molecule has 0 aromatic heterocycles. The number of aliphatic hydroxyl groups is 1. The van der Waals surface area contributed by atoms with Gasteiger partial charge in [-0.2, -0.15) is 0 Å². The van der Waals surface area contributed by atoms with Gasteiger partial charge < -0.3 is 10.8 Å². The fraction of sp³-hybridized carbons (Fsp3) is 1.00. The molecule has 1 rings (SSSR count). The summed E-state index contributed by atoms with van der Waals surface area (Å²) in [7, 11) is 0. The van der Waals surface area contributed by atoms with Crippen molar-refractivity contribution in [3.63, 3.8) is 0 Å². The summed E-state index contributed by atoms with van der Waals surface area (Å²) in [4.78, 5) is 2.28. The van der Waals surface area contributed by atoms with Gasteiger partial charge in [-0.15, -0.1) is 0 Å². The van der Waals surface area contributed by atoms with Gasteiger partial charge in [-0.1, -0.05) is 0 Å². The van der Waals surface area contributed by atoms with Gasteiger partial charge >= 0.3 is 0 Å². The Labute approximate surface area is 68.2 Å². The quantitative estimate of drug-likeness (QED) is 0.597. The molecule has 1 aliphatic rings. The Morgan fingerprint density at radius 2 is 2.45 bits per heavy atom. The highest BCUT2D eigenvalue weighted by Gasteiger charge is 2.26. The van der Waals surface area contributed by atoms with Crippen LogP contribution < -0.4 is 5.73 Å². The molecule has 0 aromatic rings. The van der Waals surface area contributed by atoms with E-state index in [0.717, 1.165) is 19.5 Å². The van der Waals surface area contributed by atoms with Crippen LogP contribution in [0.25, 0.3) is 0 Å². The van der Waals surface area contributed by atoms with Crippen molar-refractivity contribution in [2.45, 2.75) is 31.9 Å². The monoisotopic (exact) mass is 158 g/mol. The molecule has 3 N–H and O–H groups in total. The maximum atomic E-state index is 9.37. The van der Waals surface area contributed by atoms with Gasteiger partial charge in [0, 0.05) is 19.1 Å². The van der Waals surface area contributed by atoms with Crippen LogP contribution >= 0.6 is 0 Å². The van der Waals surface area contributed by atoms with Gasteiger partial charge in [-0.25, -0.2) is 0 Å². The van der Waals surface area contributed by atoms with E-state index < -0.39 is 0 Å². The SMILES string of the molecule is CC(O)C1CCCN1CCN. The molecular formula is C8H18N2O. The molecule has 0 saturated carbocycles. The molecule has 1 aliphatic heterocycles. The van der Waals surface area contributed by atoms with Gasteiger partial charge in [0.2, 0.25) is 0 Å². The average molecular weight is 158 g/mol. The number of aliphatic hydroxyl groups excluding tert-OH is 1. The van der Waals surface area contributed by atoms with Crippen LogP contribution in [0.2, 0.25) is 0 Å². The highest BCUT2D eigenvalue weighted by Crippen LogP contribution is 2.18. The number of nitrogens with two attached hydrogens (primary N) is 1. The second-order valence-electron chi connectivity index (χ2n) is 3.27. The molecule has 0 aromatic carbocycles. The summed E-state index contributed by atoms with van der Waals surface area (Å²) in [5.74, 6) is 0. The molecule has 2 unspecified atom stereocenters. The van der Waals surface area contributed by atoms with Crippen LogP contribution in [0.1, 0.15) is 19.8 Å². The van der Waals surface area contributed by atoms with Gasteiger partial charge in [0.15, 0.2) is 0 Å². The van der Waals surface area contributed by atoms with Crippen molar-refractivity contribution < 1.29 is 5.11 Å². The Morgan fingerprint density at radius 3 is 3.00 bits per heavy atom. The van der Waals surface area contributed by atoms with Crippen molar-refractivity contribution in [1.82, 2.24) is 4.90 Å². The molecule has 0 amide bonds. The summed E-state index contributed by atoms with van der Waals surface area (Å²) in [6.45, 7) is 4.59. The minimum Gasteiger partial charge on any atom is -0.392 e. The third kappa shape index (κ3) is 2.15. The van der Waals surface area contributed by atoms with E-state index in [1.807, 2.05) is 6.92 Å². The summed E-state index contributed by atoms with van der Waals surface area (Å²) in [5, 5.41) is 9.37. The van der Waals surface area contributed by atoms with Gasteiger partial charge in [-0.05, 0) is 26.3 Å². The first kappa shape index (κ1) is 8.97. The number of likely N-dealkylation sites (tertiary alicyclic amines) is 1. The Bertz CT molecular complexity index is 117. The molecular weight excluding hydrogens is 140 g/mol. The van der Waals surface area contributed by atoms with Crippen molar-refractivity contribution in [1.29, 1.82) is 0 Å². The number of hydrogen-bond acceptors (Lipinski definition) is 3. The van der Waals surface area contributed by atoms with Crippen molar-refractivity contribution in [2.24, 2.45) is 5.73 Å². The van der Waals surface area contributed by atoms with E-state index in [1.54, 1.807) is 0 Å². The first-order valence-electron chi connectivity index (χ1n) is 4.38. The van der Waals surface area contributed by atoms with Gasteiger partial charge in [-0.3, -0.25) is 4.90 Å². The molecule has 0 aliphatic carbocycles. The second kappa shape index (κ2) is 4.04. The van der Waals surface area contributed by atoms with Crippen LogP contribution in [0.15, 0.2) is 0 Å². The molecule has 3 heteroatoms. The lowest BCUT2D eigenvalue weighted by Gasteiger charge is -2.25. The van der Waals surface area contributed by atoms with Crippen LogP contribution in [0.4, 0.5) is 0 Å². The van der Waals surface area contributed by atoms with Crippen LogP contribution in [-0.2, 0) is 0 Å². The van der Waals surface area contributed by atoms with E-state index in [0.29, 0.717) is 12.6 Å². The molecule has 1 fully saturated rings. The molecule has 66 valence electrons. The Balaban J connectivity index is 2.37. The minimum atomic E-state index is -0.205. The Kier molecular flexibility index (Phi) is 3.30. The topological polar surface area (TPSA) is 49.5 Å². The normalized spacial score (nSPS) is 29.2. The van der Waals surface area contributed by atoms with Crippen LogP contribution in [0, 0.1) is 0 Å². The van der Waals surface area contributed by atoms with Crippen molar-refractivity contribution in [3.05, 3.63) is 0 Å². The van der Waals surface area contributed by atoms with Crippen LogP contribution in [0.3, 0.4) is 0 Å². The molecule has 3 nitrogen and oxygen atoms in total. The zero-order valence-electron chi connectivity index (χ0n) is 7.16. The average Bonchev–Trinajstić information content (AvgIpc) is 2.36. The van der Waals surface area contributed by atoms with Crippen LogP contribution in [0.5, 0.6) is 0 Å². The highest BCUT2D eigenvalue weighted by atomic mass is 16.3. The Morgan fingerprint density at radius 1 is 1.73 bits per heavy atom. The summed E-state index contributed by atoms with van der Waals surface area (Å²) in [6.07, 6.45) is 2.12. The van der Waals surface area contributed by atoms with Gasteiger partial charge in [0.05, 0.1) is 6.10 Å². The van der Waals surface area contributed by atoms with E-state index in [-0.39, 0.29) is 6.10 Å². The van der Waals surface area contributed by atoms with E-state index in [4.69, 9.17) is 5.73 Å². The van der Waals surface area contributed by atoms with Gasteiger partial charge in [0.1, 0.15) is 0 Å². The zero-order chi connectivity index (χ0) is 8.27. The summed E-state index contributed by atoms with van der Waals surface area (Å²) in [6, 6.07) is 0.360.